The molecule has 0 aliphatic carbocycles. The van der Waals surface area contributed by atoms with Crippen LogP contribution in [0.3, 0.4) is 0 Å². The molecule has 0 fully saturated rings. The topological polar surface area (TPSA) is 127 Å². The highest BCUT2D eigenvalue weighted by Crippen LogP contribution is 2.26. The van der Waals surface area contributed by atoms with Gasteiger partial charge in [0.1, 0.15) is 17.5 Å². The zero-order chi connectivity index (χ0) is 21.2. The predicted octanol–water partition coefficient (Wildman–Crippen LogP) is 2.98. The Morgan fingerprint density at radius 2 is 1.76 bits per heavy atom. The Morgan fingerprint density at radius 1 is 1.00 bits per heavy atom. The van der Waals surface area contributed by atoms with Crippen LogP contribution in [0.4, 0.5) is 23.0 Å². The fraction of sp³-hybridized carbons (Fsp3) is 0.211. The SMILES string of the molecule is CC(=O)c1cnc(Nc2cc(S(C)(=O)=O)nc(C)n2)cc1Nc1cccnc1C. The summed E-state index contributed by atoms with van der Waals surface area (Å²) < 4.78 is 23.6. The van der Waals surface area contributed by atoms with Crippen molar-refractivity contribution in [3.8, 4) is 0 Å². The molecule has 150 valence electrons. The Hall–Kier alpha value is -3.40. The summed E-state index contributed by atoms with van der Waals surface area (Å²) in [6.45, 7) is 4.91. The fourth-order valence-electron chi connectivity index (χ4n) is 2.59. The van der Waals surface area contributed by atoms with Crippen molar-refractivity contribution in [2.24, 2.45) is 0 Å². The Kier molecular flexibility index (Phi) is 5.55. The standard InChI is InChI=1S/C19H20N6O3S/c1-11-15(6-5-7-20-11)24-16-8-17(21-10-14(16)12(2)26)25-18-9-19(29(4,27)28)23-13(3)22-18/h5-10H,1-4H3,(H2,21,22,23,24,25). The lowest BCUT2D eigenvalue weighted by atomic mass is 10.1. The predicted molar refractivity (Wildman–Crippen MR) is 110 cm³/mol. The van der Waals surface area contributed by atoms with E-state index in [0.29, 0.717) is 22.9 Å². The molecule has 3 rings (SSSR count). The molecular weight excluding hydrogens is 392 g/mol. The first kappa shape index (κ1) is 20.3. The number of carbonyl (C=O) groups excluding carboxylic acids is 1. The van der Waals surface area contributed by atoms with E-state index in [2.05, 4.69) is 30.6 Å². The molecule has 0 spiro atoms. The molecule has 0 atom stereocenters. The number of aromatic nitrogens is 4. The first-order chi connectivity index (χ1) is 13.6. The smallest absolute Gasteiger partial charge is 0.192 e. The maximum absolute atomic E-state index is 12.0. The van der Waals surface area contributed by atoms with Crippen molar-refractivity contribution < 1.29 is 13.2 Å². The van der Waals surface area contributed by atoms with E-state index in [1.807, 2.05) is 13.0 Å². The van der Waals surface area contributed by atoms with Crippen LogP contribution in [0, 0.1) is 13.8 Å². The molecule has 3 aromatic rings. The second kappa shape index (κ2) is 7.92. The van der Waals surface area contributed by atoms with E-state index in [-0.39, 0.29) is 16.6 Å². The number of anilines is 4. The molecule has 29 heavy (non-hydrogen) atoms. The minimum atomic E-state index is -3.49. The Bertz CT molecular complexity index is 1190. The minimum Gasteiger partial charge on any atom is -0.353 e. The monoisotopic (exact) mass is 412 g/mol. The minimum absolute atomic E-state index is 0.0859. The summed E-state index contributed by atoms with van der Waals surface area (Å²) in [5, 5.41) is 6.09. The molecule has 3 aromatic heterocycles. The van der Waals surface area contributed by atoms with Crippen molar-refractivity contribution in [2.45, 2.75) is 25.8 Å². The lowest BCUT2D eigenvalue weighted by Gasteiger charge is -2.14. The van der Waals surface area contributed by atoms with E-state index < -0.39 is 9.84 Å². The van der Waals surface area contributed by atoms with Crippen LogP contribution in [-0.2, 0) is 9.84 Å². The van der Waals surface area contributed by atoms with Gasteiger partial charge in [-0.2, -0.15) is 0 Å². The molecule has 3 heterocycles. The molecule has 0 saturated carbocycles. The van der Waals surface area contributed by atoms with Crippen LogP contribution in [0.2, 0.25) is 0 Å². The average Bonchev–Trinajstić information content (AvgIpc) is 2.62. The average molecular weight is 412 g/mol. The van der Waals surface area contributed by atoms with Crippen molar-refractivity contribution in [2.75, 3.05) is 16.9 Å². The number of hydrogen-bond acceptors (Lipinski definition) is 9. The van der Waals surface area contributed by atoms with E-state index in [9.17, 15) is 13.2 Å². The van der Waals surface area contributed by atoms with Gasteiger partial charge in [-0.25, -0.2) is 23.4 Å². The zero-order valence-electron chi connectivity index (χ0n) is 16.4. The number of sulfone groups is 1. The van der Waals surface area contributed by atoms with Crippen molar-refractivity contribution in [3.05, 3.63) is 53.7 Å². The van der Waals surface area contributed by atoms with Crippen molar-refractivity contribution in [1.82, 2.24) is 19.9 Å². The van der Waals surface area contributed by atoms with Gasteiger partial charge in [0.25, 0.3) is 0 Å². The quantitative estimate of drug-likeness (QED) is 0.464. The zero-order valence-corrected chi connectivity index (χ0v) is 17.2. The van der Waals surface area contributed by atoms with E-state index in [4.69, 9.17) is 0 Å². The normalized spacial score (nSPS) is 11.2. The lowest BCUT2D eigenvalue weighted by molar-refractivity contribution is 0.101. The number of nitrogens with zero attached hydrogens (tertiary/aromatic N) is 4. The summed E-state index contributed by atoms with van der Waals surface area (Å²) in [7, 11) is -3.49. The molecule has 10 heteroatoms. The van der Waals surface area contributed by atoms with Gasteiger partial charge in [0.05, 0.1) is 22.6 Å². The molecule has 0 saturated heterocycles. The number of ketones is 1. The summed E-state index contributed by atoms with van der Waals surface area (Å²) in [5.74, 6) is 0.826. The summed E-state index contributed by atoms with van der Waals surface area (Å²) in [4.78, 5) is 28.6. The lowest BCUT2D eigenvalue weighted by Crippen LogP contribution is -2.08. The van der Waals surface area contributed by atoms with E-state index in [1.165, 1.54) is 19.2 Å². The van der Waals surface area contributed by atoms with Crippen LogP contribution in [0.5, 0.6) is 0 Å². The molecule has 0 aliphatic heterocycles. The molecule has 0 amide bonds. The van der Waals surface area contributed by atoms with Crippen LogP contribution in [0.15, 0.2) is 41.7 Å². The maximum Gasteiger partial charge on any atom is 0.192 e. The van der Waals surface area contributed by atoms with Gasteiger partial charge >= 0.3 is 0 Å². The number of Topliss-reactive ketones (excluding diaryl/α,β-unsaturated/α-hetero) is 1. The van der Waals surface area contributed by atoms with Crippen LogP contribution in [-0.4, -0.2) is 40.4 Å². The number of pyridine rings is 2. The van der Waals surface area contributed by atoms with Gasteiger partial charge in [0, 0.05) is 30.8 Å². The van der Waals surface area contributed by atoms with E-state index in [0.717, 1.165) is 17.6 Å². The van der Waals surface area contributed by atoms with E-state index in [1.54, 1.807) is 25.3 Å². The Balaban J connectivity index is 1.99. The van der Waals surface area contributed by atoms with Gasteiger partial charge in [0.15, 0.2) is 20.6 Å². The number of hydrogen-bond donors (Lipinski definition) is 2. The fourth-order valence-corrected chi connectivity index (χ4v) is 3.22. The molecule has 9 nitrogen and oxygen atoms in total. The van der Waals surface area contributed by atoms with Crippen molar-refractivity contribution in [1.29, 1.82) is 0 Å². The molecule has 2 N–H and O–H groups in total. The van der Waals surface area contributed by atoms with Crippen LogP contribution < -0.4 is 10.6 Å². The Labute approximate surface area is 168 Å². The third kappa shape index (κ3) is 4.91. The van der Waals surface area contributed by atoms with Gasteiger partial charge in [0.2, 0.25) is 0 Å². The molecular formula is C19H20N6O3S. The molecule has 0 unspecified atom stereocenters. The highest BCUT2D eigenvalue weighted by molar-refractivity contribution is 7.90. The highest BCUT2D eigenvalue weighted by Gasteiger charge is 2.14. The number of aryl methyl sites for hydroxylation is 2. The molecule has 0 bridgehead atoms. The Morgan fingerprint density at radius 3 is 2.41 bits per heavy atom. The number of rotatable bonds is 6. The second-order valence-corrected chi connectivity index (χ2v) is 8.43. The first-order valence-corrected chi connectivity index (χ1v) is 10.5. The summed E-state index contributed by atoms with van der Waals surface area (Å²) in [6.07, 6.45) is 4.21. The molecule has 0 aromatic carbocycles. The third-order valence-electron chi connectivity index (χ3n) is 4.01. The first-order valence-electron chi connectivity index (χ1n) is 8.66. The summed E-state index contributed by atoms with van der Waals surface area (Å²) >= 11 is 0. The van der Waals surface area contributed by atoms with Gasteiger partial charge in [-0.1, -0.05) is 0 Å². The maximum atomic E-state index is 12.0. The van der Waals surface area contributed by atoms with Crippen molar-refractivity contribution >= 4 is 38.6 Å². The van der Waals surface area contributed by atoms with Gasteiger partial charge in [-0.3, -0.25) is 9.78 Å². The highest BCUT2D eigenvalue weighted by atomic mass is 32.2. The molecule has 0 radical (unpaired) electrons. The second-order valence-electron chi connectivity index (χ2n) is 6.47. The van der Waals surface area contributed by atoms with Crippen molar-refractivity contribution in [3.63, 3.8) is 0 Å². The van der Waals surface area contributed by atoms with Crippen LogP contribution in [0.25, 0.3) is 0 Å². The summed E-state index contributed by atoms with van der Waals surface area (Å²) in [5.41, 5.74) is 2.48. The number of carbonyl (C=O) groups is 1. The number of nitrogens with one attached hydrogen (secondary N) is 2. The summed E-state index contributed by atoms with van der Waals surface area (Å²) in [6, 6.07) is 6.63. The third-order valence-corrected chi connectivity index (χ3v) is 4.98. The van der Waals surface area contributed by atoms with Crippen LogP contribution in [0.1, 0.15) is 28.8 Å². The molecule has 0 aliphatic rings. The van der Waals surface area contributed by atoms with Gasteiger partial charge in [-0.05, 0) is 32.9 Å². The van der Waals surface area contributed by atoms with Gasteiger partial charge < -0.3 is 10.6 Å². The largest absolute Gasteiger partial charge is 0.353 e. The van der Waals surface area contributed by atoms with E-state index >= 15 is 0 Å². The van der Waals surface area contributed by atoms with Gasteiger partial charge in [-0.15, -0.1) is 0 Å². The van der Waals surface area contributed by atoms with Crippen LogP contribution >= 0.6 is 0 Å².